The standard InChI is InChI=1S/C12H19N3O2.C5H10O2.C2H6/c1-9-10(8-13-14-9)7-12(11(16)17)3-5-15(2)6-4-12;1-5(2,3)7-4-6;1-2/h8H,3-7H2,1-2H3,(H,13,14)(H,16,17);4H,1-3H3;1-2H3. The number of aromatic nitrogens is 2. The van der Waals surface area contributed by atoms with E-state index in [1.54, 1.807) is 6.20 Å². The monoisotopic (exact) mass is 369 g/mol. The number of H-pyrrole nitrogens is 1. The number of aliphatic carboxylic acids is 1. The Labute approximate surface area is 157 Å². The second-order valence-corrected chi connectivity index (χ2v) is 7.41. The second-order valence-electron chi connectivity index (χ2n) is 7.41. The van der Waals surface area contributed by atoms with E-state index in [0.717, 1.165) is 24.3 Å². The molecule has 1 fully saturated rings. The number of carboxylic acids is 1. The van der Waals surface area contributed by atoms with E-state index in [-0.39, 0.29) is 5.60 Å². The summed E-state index contributed by atoms with van der Waals surface area (Å²) >= 11 is 0. The van der Waals surface area contributed by atoms with Crippen molar-refractivity contribution in [1.29, 1.82) is 0 Å². The maximum atomic E-state index is 11.6. The van der Waals surface area contributed by atoms with Crippen molar-refractivity contribution < 1.29 is 19.4 Å². The van der Waals surface area contributed by atoms with Gasteiger partial charge in [0.05, 0.1) is 11.6 Å². The molecule has 0 aliphatic carbocycles. The molecule has 2 heterocycles. The van der Waals surface area contributed by atoms with Gasteiger partial charge < -0.3 is 14.7 Å². The van der Waals surface area contributed by atoms with Crippen LogP contribution in [0.3, 0.4) is 0 Å². The molecule has 1 saturated heterocycles. The first-order valence-corrected chi connectivity index (χ1v) is 9.12. The Kier molecular flexibility index (Phi) is 10.2. The molecule has 1 aliphatic heterocycles. The van der Waals surface area contributed by atoms with Gasteiger partial charge in [0.25, 0.3) is 6.47 Å². The van der Waals surface area contributed by atoms with Crippen molar-refractivity contribution in [2.24, 2.45) is 5.41 Å². The van der Waals surface area contributed by atoms with Crippen LogP contribution in [0.1, 0.15) is 58.7 Å². The summed E-state index contributed by atoms with van der Waals surface area (Å²) in [6.07, 6.45) is 3.75. The number of aryl methyl sites for hydroxylation is 1. The van der Waals surface area contributed by atoms with E-state index in [0.29, 0.717) is 25.7 Å². The van der Waals surface area contributed by atoms with Crippen LogP contribution in [0.5, 0.6) is 0 Å². The third-order valence-corrected chi connectivity index (χ3v) is 4.26. The van der Waals surface area contributed by atoms with Crippen molar-refractivity contribution in [2.45, 2.75) is 66.4 Å². The number of ether oxygens (including phenoxy) is 1. The highest BCUT2D eigenvalue weighted by Gasteiger charge is 2.41. The van der Waals surface area contributed by atoms with Gasteiger partial charge in [0.2, 0.25) is 0 Å². The third kappa shape index (κ3) is 7.99. The molecule has 1 aromatic heterocycles. The molecule has 26 heavy (non-hydrogen) atoms. The van der Waals surface area contributed by atoms with E-state index < -0.39 is 11.4 Å². The molecule has 2 N–H and O–H groups in total. The fourth-order valence-electron chi connectivity index (χ4n) is 2.58. The molecular formula is C19H35N3O4. The molecule has 150 valence electrons. The zero-order valence-electron chi connectivity index (χ0n) is 17.3. The fourth-order valence-corrected chi connectivity index (χ4v) is 2.58. The van der Waals surface area contributed by atoms with Crippen molar-refractivity contribution in [1.82, 2.24) is 15.1 Å². The minimum absolute atomic E-state index is 0.318. The van der Waals surface area contributed by atoms with E-state index >= 15 is 0 Å². The van der Waals surface area contributed by atoms with Gasteiger partial charge in [-0.25, -0.2) is 0 Å². The van der Waals surface area contributed by atoms with Crippen molar-refractivity contribution >= 4 is 12.4 Å². The number of aromatic amines is 1. The average molecular weight is 370 g/mol. The van der Waals surface area contributed by atoms with Crippen LogP contribution in [-0.2, 0) is 20.7 Å². The number of piperidine rings is 1. The van der Waals surface area contributed by atoms with Gasteiger partial charge in [-0.1, -0.05) is 13.8 Å². The summed E-state index contributed by atoms with van der Waals surface area (Å²) in [6, 6.07) is 0. The largest absolute Gasteiger partial charge is 0.481 e. The molecule has 0 atom stereocenters. The molecule has 2 rings (SSSR count). The molecule has 0 amide bonds. The van der Waals surface area contributed by atoms with E-state index in [1.165, 1.54) is 0 Å². The Morgan fingerprint density at radius 1 is 1.38 bits per heavy atom. The summed E-state index contributed by atoms with van der Waals surface area (Å²) in [6.45, 7) is 13.6. The second kappa shape index (κ2) is 11.0. The van der Waals surface area contributed by atoms with Crippen LogP contribution < -0.4 is 0 Å². The Morgan fingerprint density at radius 3 is 2.23 bits per heavy atom. The highest BCUT2D eigenvalue weighted by Crippen LogP contribution is 2.35. The maximum Gasteiger partial charge on any atom is 0.310 e. The summed E-state index contributed by atoms with van der Waals surface area (Å²) in [4.78, 5) is 23.4. The Bertz CT molecular complexity index is 541. The lowest BCUT2D eigenvalue weighted by Crippen LogP contribution is -2.44. The predicted octanol–water partition coefficient (Wildman–Crippen LogP) is 3.04. The predicted molar refractivity (Wildman–Crippen MR) is 102 cm³/mol. The molecule has 1 aliphatic rings. The molecular weight excluding hydrogens is 334 g/mol. The maximum absolute atomic E-state index is 11.6. The molecule has 7 nitrogen and oxygen atoms in total. The Hall–Kier alpha value is -1.89. The molecule has 0 aromatic carbocycles. The highest BCUT2D eigenvalue weighted by molar-refractivity contribution is 5.75. The molecule has 0 unspecified atom stereocenters. The Balaban J connectivity index is 0.000000589. The van der Waals surface area contributed by atoms with E-state index in [2.05, 4.69) is 19.8 Å². The summed E-state index contributed by atoms with van der Waals surface area (Å²) < 4.78 is 4.55. The smallest absolute Gasteiger partial charge is 0.310 e. The van der Waals surface area contributed by atoms with Crippen LogP contribution in [-0.4, -0.2) is 58.4 Å². The number of likely N-dealkylation sites (tertiary alicyclic amines) is 1. The van der Waals surface area contributed by atoms with E-state index in [4.69, 9.17) is 0 Å². The topological polar surface area (TPSA) is 95.5 Å². The van der Waals surface area contributed by atoms with Gasteiger partial charge in [-0.3, -0.25) is 14.7 Å². The van der Waals surface area contributed by atoms with E-state index in [9.17, 15) is 14.7 Å². The SMILES string of the molecule is CC.CC(C)(C)OC=O.Cc1[nH]ncc1CC1(C(=O)O)CCN(C)CC1. The highest BCUT2D eigenvalue weighted by atomic mass is 16.5. The van der Waals surface area contributed by atoms with Crippen molar-refractivity contribution in [3.05, 3.63) is 17.5 Å². The first kappa shape index (κ1) is 24.1. The lowest BCUT2D eigenvalue weighted by Gasteiger charge is -2.37. The van der Waals surface area contributed by atoms with Gasteiger partial charge in [-0.15, -0.1) is 0 Å². The van der Waals surface area contributed by atoms with Crippen molar-refractivity contribution in [3.63, 3.8) is 0 Å². The number of nitrogens with zero attached hydrogens (tertiary/aromatic N) is 2. The average Bonchev–Trinajstić information content (AvgIpc) is 2.96. The van der Waals surface area contributed by atoms with Crippen LogP contribution in [0.25, 0.3) is 0 Å². The minimum Gasteiger partial charge on any atom is -0.481 e. The number of hydrogen-bond acceptors (Lipinski definition) is 5. The Morgan fingerprint density at radius 2 is 1.92 bits per heavy atom. The van der Waals surface area contributed by atoms with Gasteiger partial charge in [0.1, 0.15) is 5.60 Å². The lowest BCUT2D eigenvalue weighted by atomic mass is 9.74. The third-order valence-electron chi connectivity index (χ3n) is 4.26. The number of carbonyl (C=O) groups excluding carboxylic acids is 1. The summed E-state index contributed by atoms with van der Waals surface area (Å²) in [5, 5.41) is 16.3. The summed E-state index contributed by atoms with van der Waals surface area (Å²) in [5.41, 5.74) is 1.07. The number of carboxylic acid groups (broad SMARTS) is 1. The van der Waals surface area contributed by atoms with Gasteiger partial charge in [0.15, 0.2) is 0 Å². The molecule has 0 radical (unpaired) electrons. The number of hydrogen-bond donors (Lipinski definition) is 2. The number of carbonyl (C=O) groups is 2. The van der Waals surface area contributed by atoms with Crippen LogP contribution >= 0.6 is 0 Å². The van der Waals surface area contributed by atoms with Crippen molar-refractivity contribution in [3.8, 4) is 0 Å². The molecule has 0 spiro atoms. The molecule has 0 bridgehead atoms. The van der Waals surface area contributed by atoms with Gasteiger partial charge in [-0.2, -0.15) is 5.10 Å². The van der Waals surface area contributed by atoms with Gasteiger partial charge in [-0.05, 0) is 72.7 Å². The van der Waals surface area contributed by atoms with Crippen LogP contribution in [0.4, 0.5) is 0 Å². The zero-order chi connectivity index (χ0) is 20.4. The van der Waals surface area contributed by atoms with Gasteiger partial charge in [0, 0.05) is 5.69 Å². The van der Waals surface area contributed by atoms with Crippen molar-refractivity contribution in [2.75, 3.05) is 20.1 Å². The van der Waals surface area contributed by atoms with Gasteiger partial charge >= 0.3 is 5.97 Å². The summed E-state index contributed by atoms with van der Waals surface area (Å²) in [5.74, 6) is -0.675. The first-order chi connectivity index (χ1) is 12.1. The number of nitrogens with one attached hydrogen (secondary N) is 1. The van der Waals surface area contributed by atoms with Crippen LogP contribution in [0.15, 0.2) is 6.20 Å². The fraction of sp³-hybridized carbons (Fsp3) is 0.737. The minimum atomic E-state index is -0.675. The molecule has 1 aromatic rings. The number of rotatable bonds is 4. The lowest BCUT2D eigenvalue weighted by molar-refractivity contribution is -0.151. The van der Waals surface area contributed by atoms with E-state index in [1.807, 2.05) is 48.6 Å². The summed E-state index contributed by atoms with van der Waals surface area (Å²) in [7, 11) is 2.04. The van der Waals surface area contributed by atoms with Crippen LogP contribution in [0.2, 0.25) is 0 Å². The normalized spacial score (nSPS) is 16.4. The van der Waals surface area contributed by atoms with Crippen LogP contribution in [0, 0.1) is 12.3 Å². The quantitative estimate of drug-likeness (QED) is 0.792. The molecule has 0 saturated carbocycles. The zero-order valence-corrected chi connectivity index (χ0v) is 17.3. The first-order valence-electron chi connectivity index (χ1n) is 9.12. The molecule has 7 heteroatoms.